The Bertz CT molecular complexity index is 1170. The molecule has 9 heteroatoms. The molecule has 0 unspecified atom stereocenters. The summed E-state index contributed by atoms with van der Waals surface area (Å²) in [6.45, 7) is 0. The Morgan fingerprint density at radius 2 is 1.76 bits per heavy atom. The van der Waals surface area contributed by atoms with Gasteiger partial charge in [-0.2, -0.15) is 0 Å². The van der Waals surface area contributed by atoms with Crippen molar-refractivity contribution in [1.82, 2.24) is 15.0 Å². The molecule has 0 aliphatic rings. The molecule has 0 saturated carbocycles. The first-order valence-electron chi connectivity index (χ1n) is 8.38. The lowest BCUT2D eigenvalue weighted by atomic mass is 10.2. The average Bonchev–Trinajstić information content (AvgIpc) is 2.67. The number of nitrogens with zero attached hydrogens (tertiary/aromatic N) is 3. The first-order chi connectivity index (χ1) is 13.9. The highest BCUT2D eigenvalue weighted by Gasteiger charge is 2.31. The molecule has 0 aliphatic carbocycles. The Kier molecular flexibility index (Phi) is 4.71. The van der Waals surface area contributed by atoms with Gasteiger partial charge in [-0.1, -0.05) is 12.1 Å². The van der Waals surface area contributed by atoms with Crippen molar-refractivity contribution in [2.75, 3.05) is 5.32 Å². The Morgan fingerprint density at radius 3 is 2.52 bits per heavy atom. The zero-order valence-electron chi connectivity index (χ0n) is 14.6. The minimum atomic E-state index is -4.82. The number of halogens is 4. The number of rotatable bonds is 4. The number of anilines is 2. The van der Waals surface area contributed by atoms with Gasteiger partial charge in [0, 0.05) is 29.7 Å². The molecule has 0 amide bonds. The van der Waals surface area contributed by atoms with Gasteiger partial charge in [0.15, 0.2) is 5.82 Å². The van der Waals surface area contributed by atoms with Gasteiger partial charge in [-0.15, -0.1) is 13.2 Å². The number of fused-ring (bicyclic) bond motifs is 1. The highest BCUT2D eigenvalue weighted by Crippen LogP contribution is 2.31. The van der Waals surface area contributed by atoms with Crippen LogP contribution in [0.2, 0.25) is 0 Å². The summed E-state index contributed by atoms with van der Waals surface area (Å²) in [6.07, 6.45) is -1.67. The van der Waals surface area contributed by atoms with Crippen molar-refractivity contribution in [2.24, 2.45) is 0 Å². The molecular weight excluding hydrogens is 388 g/mol. The van der Waals surface area contributed by atoms with Crippen LogP contribution in [0.1, 0.15) is 0 Å². The molecule has 4 aromatic rings. The average molecular weight is 400 g/mol. The summed E-state index contributed by atoms with van der Waals surface area (Å²) < 4.78 is 55.9. The van der Waals surface area contributed by atoms with Crippen molar-refractivity contribution in [3.63, 3.8) is 0 Å². The molecule has 2 heterocycles. The van der Waals surface area contributed by atoms with Crippen molar-refractivity contribution >= 4 is 22.4 Å². The second-order valence-corrected chi connectivity index (χ2v) is 5.97. The quantitative estimate of drug-likeness (QED) is 0.460. The van der Waals surface area contributed by atoms with Crippen LogP contribution in [0, 0.1) is 5.82 Å². The standard InChI is InChI=1S/C20H12F4N4O/c21-15-7-2-8-16-17(15)19(28-18(27-16)12-4-3-9-25-11-12)26-13-5-1-6-14(10-13)29-20(22,23)24/h1-11H,(H,26,27,28). The molecule has 5 nitrogen and oxygen atoms in total. The van der Waals surface area contributed by atoms with E-state index in [9.17, 15) is 17.6 Å². The van der Waals surface area contributed by atoms with E-state index in [0.29, 0.717) is 16.9 Å². The van der Waals surface area contributed by atoms with Gasteiger partial charge in [-0.3, -0.25) is 4.98 Å². The molecule has 0 fully saturated rings. The maximum absolute atomic E-state index is 14.5. The fraction of sp³-hybridized carbons (Fsp3) is 0.0500. The lowest BCUT2D eigenvalue weighted by Crippen LogP contribution is -2.17. The van der Waals surface area contributed by atoms with E-state index in [1.54, 1.807) is 30.6 Å². The van der Waals surface area contributed by atoms with E-state index in [2.05, 4.69) is 25.0 Å². The molecule has 0 aliphatic heterocycles. The summed E-state index contributed by atoms with van der Waals surface area (Å²) in [5.41, 5.74) is 1.19. The van der Waals surface area contributed by atoms with E-state index in [0.717, 1.165) is 6.07 Å². The maximum atomic E-state index is 14.5. The normalized spacial score (nSPS) is 11.4. The van der Waals surface area contributed by atoms with Crippen LogP contribution in [0.15, 0.2) is 67.0 Å². The number of benzene rings is 2. The van der Waals surface area contributed by atoms with Crippen molar-refractivity contribution in [3.8, 4) is 17.1 Å². The van der Waals surface area contributed by atoms with Crippen LogP contribution in [0.5, 0.6) is 5.75 Å². The van der Waals surface area contributed by atoms with Gasteiger partial charge in [-0.05, 0) is 36.4 Å². The Hall–Kier alpha value is -3.75. The van der Waals surface area contributed by atoms with Crippen molar-refractivity contribution < 1.29 is 22.3 Å². The smallest absolute Gasteiger partial charge is 0.406 e. The zero-order chi connectivity index (χ0) is 20.4. The van der Waals surface area contributed by atoms with Crippen LogP contribution < -0.4 is 10.1 Å². The number of alkyl halides is 3. The minimum Gasteiger partial charge on any atom is -0.406 e. The van der Waals surface area contributed by atoms with Gasteiger partial charge in [0.25, 0.3) is 0 Å². The fourth-order valence-corrected chi connectivity index (χ4v) is 2.76. The van der Waals surface area contributed by atoms with E-state index in [1.807, 2.05) is 0 Å². The molecule has 29 heavy (non-hydrogen) atoms. The number of aromatic nitrogens is 3. The topological polar surface area (TPSA) is 59.9 Å². The lowest BCUT2D eigenvalue weighted by Gasteiger charge is -2.13. The molecule has 2 aromatic heterocycles. The van der Waals surface area contributed by atoms with Gasteiger partial charge < -0.3 is 10.1 Å². The van der Waals surface area contributed by atoms with Crippen LogP contribution in [-0.2, 0) is 0 Å². The molecule has 0 spiro atoms. The van der Waals surface area contributed by atoms with Crippen molar-refractivity contribution in [1.29, 1.82) is 0 Å². The van der Waals surface area contributed by atoms with Gasteiger partial charge in [0.05, 0.1) is 10.9 Å². The van der Waals surface area contributed by atoms with E-state index >= 15 is 0 Å². The molecule has 2 aromatic carbocycles. The van der Waals surface area contributed by atoms with Crippen LogP contribution in [0.3, 0.4) is 0 Å². The molecule has 0 bridgehead atoms. The SMILES string of the molecule is Fc1cccc2nc(-c3cccnc3)nc(Nc3cccc(OC(F)(F)F)c3)c12. The van der Waals surface area contributed by atoms with Crippen LogP contribution in [0.25, 0.3) is 22.3 Å². The zero-order valence-corrected chi connectivity index (χ0v) is 14.6. The number of nitrogens with one attached hydrogen (secondary N) is 1. The predicted molar refractivity (Wildman–Crippen MR) is 99.1 cm³/mol. The van der Waals surface area contributed by atoms with Gasteiger partial charge >= 0.3 is 6.36 Å². The Morgan fingerprint density at radius 1 is 0.931 bits per heavy atom. The maximum Gasteiger partial charge on any atom is 0.573 e. The Balaban J connectivity index is 1.80. The fourth-order valence-electron chi connectivity index (χ4n) is 2.76. The van der Waals surface area contributed by atoms with Crippen molar-refractivity contribution in [2.45, 2.75) is 6.36 Å². The lowest BCUT2D eigenvalue weighted by molar-refractivity contribution is -0.274. The first kappa shape index (κ1) is 18.6. The van der Waals surface area contributed by atoms with Crippen LogP contribution >= 0.6 is 0 Å². The number of hydrogen-bond donors (Lipinski definition) is 1. The summed E-state index contributed by atoms with van der Waals surface area (Å²) in [5, 5.41) is 2.98. The molecule has 1 N–H and O–H groups in total. The molecule has 0 radical (unpaired) electrons. The highest BCUT2D eigenvalue weighted by atomic mass is 19.4. The predicted octanol–water partition coefficient (Wildman–Crippen LogP) is 5.47. The minimum absolute atomic E-state index is 0.108. The van der Waals surface area contributed by atoms with Crippen LogP contribution in [0.4, 0.5) is 29.1 Å². The molecule has 0 saturated heterocycles. The monoisotopic (exact) mass is 400 g/mol. The van der Waals surface area contributed by atoms with E-state index in [4.69, 9.17) is 0 Å². The number of pyridine rings is 1. The van der Waals surface area contributed by atoms with Gasteiger partial charge in [0.1, 0.15) is 17.4 Å². The Labute approximate surface area is 162 Å². The highest BCUT2D eigenvalue weighted by molar-refractivity contribution is 5.92. The second kappa shape index (κ2) is 7.34. The van der Waals surface area contributed by atoms with E-state index in [-0.39, 0.29) is 16.9 Å². The largest absolute Gasteiger partial charge is 0.573 e. The van der Waals surface area contributed by atoms with Gasteiger partial charge in [0.2, 0.25) is 0 Å². The summed E-state index contributed by atoms with van der Waals surface area (Å²) in [6, 6.07) is 13.0. The molecule has 146 valence electrons. The summed E-state index contributed by atoms with van der Waals surface area (Å²) in [7, 11) is 0. The molecule has 4 rings (SSSR count). The van der Waals surface area contributed by atoms with E-state index in [1.165, 1.54) is 30.3 Å². The number of ether oxygens (including phenoxy) is 1. The molecular formula is C20H12F4N4O. The second-order valence-electron chi connectivity index (χ2n) is 5.97. The summed E-state index contributed by atoms with van der Waals surface area (Å²) in [5.74, 6) is -0.572. The van der Waals surface area contributed by atoms with Crippen LogP contribution in [-0.4, -0.2) is 21.3 Å². The first-order valence-corrected chi connectivity index (χ1v) is 8.38. The molecule has 0 atom stereocenters. The number of hydrogen-bond acceptors (Lipinski definition) is 5. The summed E-state index contributed by atoms with van der Waals surface area (Å²) >= 11 is 0. The van der Waals surface area contributed by atoms with Crippen molar-refractivity contribution in [3.05, 3.63) is 72.8 Å². The van der Waals surface area contributed by atoms with E-state index < -0.39 is 17.9 Å². The third-order valence-corrected chi connectivity index (χ3v) is 3.92. The summed E-state index contributed by atoms with van der Waals surface area (Å²) in [4.78, 5) is 12.8. The third-order valence-electron chi connectivity index (χ3n) is 3.92. The van der Waals surface area contributed by atoms with Gasteiger partial charge in [-0.25, -0.2) is 14.4 Å². The third kappa shape index (κ3) is 4.23.